The highest BCUT2D eigenvalue weighted by Gasteiger charge is 2.23. The van der Waals surface area contributed by atoms with Crippen LogP contribution in [0.3, 0.4) is 0 Å². The molecule has 1 N–H and O–H groups in total. The van der Waals surface area contributed by atoms with Crippen molar-refractivity contribution in [2.24, 2.45) is 0 Å². The molecule has 144 valence electrons. The molecule has 3 heterocycles. The van der Waals surface area contributed by atoms with Crippen LogP contribution in [0.2, 0.25) is 0 Å². The van der Waals surface area contributed by atoms with E-state index in [1.807, 2.05) is 28.0 Å². The summed E-state index contributed by atoms with van der Waals surface area (Å²) in [5.74, 6) is 0.824. The molecule has 2 aromatic rings. The van der Waals surface area contributed by atoms with Gasteiger partial charge in [0.15, 0.2) is 0 Å². The van der Waals surface area contributed by atoms with E-state index in [1.165, 1.54) is 18.4 Å². The first kappa shape index (κ1) is 18.0. The summed E-state index contributed by atoms with van der Waals surface area (Å²) in [4.78, 5) is 21.2. The van der Waals surface area contributed by atoms with Crippen LogP contribution in [0.5, 0.6) is 0 Å². The van der Waals surface area contributed by atoms with Crippen molar-refractivity contribution in [2.45, 2.75) is 44.7 Å². The van der Waals surface area contributed by atoms with Crippen molar-refractivity contribution in [2.75, 3.05) is 31.5 Å². The van der Waals surface area contributed by atoms with Gasteiger partial charge >= 0.3 is 6.03 Å². The Bertz CT molecular complexity index is 740. The Morgan fingerprint density at radius 1 is 1.00 bits per heavy atom. The summed E-state index contributed by atoms with van der Waals surface area (Å²) < 4.78 is 2.00. The first-order chi connectivity index (χ1) is 13.3. The minimum Gasteiger partial charge on any atom is -0.323 e. The Labute approximate surface area is 160 Å². The summed E-state index contributed by atoms with van der Waals surface area (Å²) in [5, 5.41) is 7.53. The summed E-state index contributed by atoms with van der Waals surface area (Å²) in [5.41, 5.74) is 1.27. The molecule has 4 rings (SSSR count). The number of hydrogen-bond acceptors (Lipinski definition) is 4. The molecule has 0 aromatic carbocycles. The molecule has 2 aliphatic rings. The molecular formula is C20H28N6O. The molecule has 0 spiro atoms. The van der Waals surface area contributed by atoms with Crippen LogP contribution < -0.4 is 5.32 Å². The van der Waals surface area contributed by atoms with Crippen molar-refractivity contribution in [3.05, 3.63) is 42.4 Å². The van der Waals surface area contributed by atoms with Crippen molar-refractivity contribution >= 4 is 11.8 Å². The fourth-order valence-corrected chi connectivity index (χ4v) is 4.12. The van der Waals surface area contributed by atoms with Crippen LogP contribution in [0.1, 0.15) is 43.7 Å². The molecule has 7 heteroatoms. The number of nitrogens with one attached hydrogen (secondary N) is 1. The Morgan fingerprint density at radius 3 is 2.63 bits per heavy atom. The number of amides is 2. The summed E-state index contributed by atoms with van der Waals surface area (Å²) in [6.07, 6.45) is 11.2. The van der Waals surface area contributed by atoms with E-state index < -0.39 is 0 Å². The van der Waals surface area contributed by atoms with E-state index in [2.05, 4.69) is 32.4 Å². The van der Waals surface area contributed by atoms with Gasteiger partial charge in [-0.3, -0.25) is 15.2 Å². The SMILES string of the molecule is O=C(Nc1ccnn1C1CCCC1)N1CCCN(Cc2ccncc2)CC1. The fraction of sp³-hybridized carbons (Fsp3) is 0.550. The van der Waals surface area contributed by atoms with Crippen LogP contribution in [0, 0.1) is 0 Å². The van der Waals surface area contributed by atoms with Gasteiger partial charge in [0.2, 0.25) is 0 Å². The van der Waals surface area contributed by atoms with Gasteiger partial charge in [-0.05, 0) is 37.0 Å². The average Bonchev–Trinajstić information content (AvgIpc) is 3.31. The molecule has 2 amide bonds. The summed E-state index contributed by atoms with van der Waals surface area (Å²) in [6, 6.07) is 6.43. The molecule has 1 aliphatic carbocycles. The smallest absolute Gasteiger partial charge is 0.323 e. The molecule has 1 aliphatic heterocycles. The van der Waals surface area contributed by atoms with Crippen LogP contribution in [-0.2, 0) is 6.54 Å². The standard InChI is InChI=1S/C20H28N6O/c27-20(23-19-8-11-22-26(19)18-4-1-2-5-18)25-13-3-12-24(14-15-25)16-17-6-9-21-10-7-17/h6-11,18H,1-5,12-16H2,(H,23,27). The lowest BCUT2D eigenvalue weighted by Crippen LogP contribution is -2.38. The molecule has 0 radical (unpaired) electrons. The van der Waals surface area contributed by atoms with Gasteiger partial charge in [-0.2, -0.15) is 5.10 Å². The monoisotopic (exact) mass is 368 g/mol. The lowest BCUT2D eigenvalue weighted by Gasteiger charge is -2.23. The van der Waals surface area contributed by atoms with E-state index >= 15 is 0 Å². The molecule has 1 saturated heterocycles. The molecule has 1 saturated carbocycles. The minimum absolute atomic E-state index is 0.0134. The van der Waals surface area contributed by atoms with E-state index in [0.717, 1.165) is 57.8 Å². The zero-order valence-electron chi connectivity index (χ0n) is 15.8. The Hall–Kier alpha value is -2.41. The van der Waals surface area contributed by atoms with Crippen LogP contribution in [-0.4, -0.2) is 56.8 Å². The molecule has 7 nitrogen and oxygen atoms in total. The number of anilines is 1. The maximum absolute atomic E-state index is 12.8. The van der Waals surface area contributed by atoms with Crippen molar-refractivity contribution in [1.29, 1.82) is 0 Å². The second-order valence-electron chi connectivity index (χ2n) is 7.50. The van der Waals surface area contributed by atoms with Crippen LogP contribution >= 0.6 is 0 Å². The predicted octanol–water partition coefficient (Wildman–Crippen LogP) is 3.13. The molecule has 2 fully saturated rings. The average molecular weight is 368 g/mol. The Kier molecular flexibility index (Phi) is 5.67. The second kappa shape index (κ2) is 8.52. The maximum atomic E-state index is 12.8. The second-order valence-corrected chi connectivity index (χ2v) is 7.50. The van der Waals surface area contributed by atoms with Gasteiger partial charge < -0.3 is 4.90 Å². The summed E-state index contributed by atoms with van der Waals surface area (Å²) >= 11 is 0. The largest absolute Gasteiger partial charge is 0.323 e. The third-order valence-electron chi connectivity index (χ3n) is 5.61. The number of rotatable bonds is 4. The minimum atomic E-state index is -0.0134. The van der Waals surface area contributed by atoms with Gasteiger partial charge in [-0.1, -0.05) is 12.8 Å². The lowest BCUT2D eigenvalue weighted by molar-refractivity contribution is 0.210. The third-order valence-corrected chi connectivity index (χ3v) is 5.61. The lowest BCUT2D eigenvalue weighted by atomic mass is 10.2. The van der Waals surface area contributed by atoms with Gasteiger partial charge in [0, 0.05) is 51.2 Å². The molecular weight excluding hydrogens is 340 g/mol. The highest BCUT2D eigenvalue weighted by Crippen LogP contribution is 2.31. The topological polar surface area (TPSA) is 66.3 Å². The molecule has 27 heavy (non-hydrogen) atoms. The molecule has 0 atom stereocenters. The van der Waals surface area contributed by atoms with Gasteiger partial charge in [-0.15, -0.1) is 0 Å². The van der Waals surface area contributed by atoms with Crippen LogP contribution in [0.15, 0.2) is 36.8 Å². The number of hydrogen-bond donors (Lipinski definition) is 1. The fourth-order valence-electron chi connectivity index (χ4n) is 4.12. The Balaban J connectivity index is 1.33. The van der Waals surface area contributed by atoms with Crippen molar-refractivity contribution in [1.82, 2.24) is 24.6 Å². The number of carbonyl (C=O) groups excluding carboxylic acids is 1. The first-order valence-corrected chi connectivity index (χ1v) is 10.0. The maximum Gasteiger partial charge on any atom is 0.323 e. The molecule has 0 bridgehead atoms. The van der Waals surface area contributed by atoms with E-state index in [0.29, 0.717) is 6.04 Å². The molecule has 2 aromatic heterocycles. The highest BCUT2D eigenvalue weighted by atomic mass is 16.2. The summed E-state index contributed by atoms with van der Waals surface area (Å²) in [7, 11) is 0. The van der Waals surface area contributed by atoms with Crippen molar-refractivity contribution in [3.8, 4) is 0 Å². The van der Waals surface area contributed by atoms with Gasteiger partial charge in [0.05, 0.1) is 12.2 Å². The van der Waals surface area contributed by atoms with E-state index in [9.17, 15) is 4.79 Å². The number of carbonyl (C=O) groups is 1. The van der Waals surface area contributed by atoms with E-state index in [4.69, 9.17) is 0 Å². The zero-order chi connectivity index (χ0) is 18.5. The molecule has 0 unspecified atom stereocenters. The van der Waals surface area contributed by atoms with Crippen molar-refractivity contribution < 1.29 is 4.79 Å². The van der Waals surface area contributed by atoms with E-state index in [1.54, 1.807) is 6.20 Å². The van der Waals surface area contributed by atoms with E-state index in [-0.39, 0.29) is 6.03 Å². The first-order valence-electron chi connectivity index (χ1n) is 10.0. The predicted molar refractivity (Wildman–Crippen MR) is 104 cm³/mol. The quantitative estimate of drug-likeness (QED) is 0.900. The van der Waals surface area contributed by atoms with Crippen LogP contribution in [0.4, 0.5) is 10.6 Å². The number of pyridine rings is 1. The Morgan fingerprint density at radius 2 is 1.81 bits per heavy atom. The third kappa shape index (κ3) is 4.47. The summed E-state index contributed by atoms with van der Waals surface area (Å²) in [6.45, 7) is 4.33. The normalized spacial score (nSPS) is 19.2. The van der Waals surface area contributed by atoms with Crippen LogP contribution in [0.25, 0.3) is 0 Å². The number of aromatic nitrogens is 3. The van der Waals surface area contributed by atoms with Gasteiger partial charge in [0.1, 0.15) is 5.82 Å². The number of urea groups is 1. The van der Waals surface area contributed by atoms with Gasteiger partial charge in [-0.25, -0.2) is 9.48 Å². The zero-order valence-corrected chi connectivity index (χ0v) is 15.8. The number of nitrogens with zero attached hydrogens (tertiary/aromatic N) is 5. The van der Waals surface area contributed by atoms with Crippen molar-refractivity contribution in [3.63, 3.8) is 0 Å². The highest BCUT2D eigenvalue weighted by molar-refractivity contribution is 5.88. The van der Waals surface area contributed by atoms with Gasteiger partial charge in [0.25, 0.3) is 0 Å².